The largest absolute Gasteiger partial charge is 0.399 e. The van der Waals surface area contributed by atoms with Gasteiger partial charge in [0.25, 0.3) is 5.91 Å². The van der Waals surface area contributed by atoms with Gasteiger partial charge < -0.3 is 11.1 Å². The Balaban J connectivity index is 2.30. The Morgan fingerprint density at radius 3 is 2.63 bits per heavy atom. The first kappa shape index (κ1) is 14.2. The summed E-state index contributed by atoms with van der Waals surface area (Å²) in [6.07, 6.45) is 0. The van der Waals surface area contributed by atoms with Gasteiger partial charge in [-0.25, -0.2) is 0 Å². The maximum absolute atomic E-state index is 12.1. The van der Waals surface area contributed by atoms with Gasteiger partial charge in [0, 0.05) is 15.8 Å². The van der Waals surface area contributed by atoms with Crippen LogP contribution in [-0.2, 0) is 0 Å². The Morgan fingerprint density at radius 2 is 1.95 bits per heavy atom. The number of amides is 1. The van der Waals surface area contributed by atoms with E-state index < -0.39 is 0 Å². The zero-order valence-corrected chi connectivity index (χ0v) is 12.7. The molecule has 3 nitrogen and oxygen atoms in total. The number of hydrogen-bond acceptors (Lipinski definition) is 2. The molecule has 0 aliphatic rings. The van der Waals surface area contributed by atoms with Crippen LogP contribution in [0.5, 0.6) is 0 Å². The number of anilines is 2. The molecular weight excluding hydrogens is 351 g/mol. The van der Waals surface area contributed by atoms with Crippen LogP contribution in [0.25, 0.3) is 0 Å². The lowest BCUT2D eigenvalue weighted by atomic mass is 10.2. The van der Waals surface area contributed by atoms with Crippen LogP contribution in [0.3, 0.4) is 0 Å². The predicted molar refractivity (Wildman–Crippen MR) is 83.0 cm³/mol. The molecule has 3 N–H and O–H groups in total. The molecule has 0 bridgehead atoms. The topological polar surface area (TPSA) is 55.1 Å². The van der Waals surface area contributed by atoms with Gasteiger partial charge in [-0.3, -0.25) is 4.79 Å². The van der Waals surface area contributed by atoms with E-state index in [0.29, 0.717) is 11.4 Å². The SMILES string of the molecule is Nc1cc(Cl)c(Cl)c(C(=O)Nc2cccc(Br)c2)c1. The van der Waals surface area contributed by atoms with Crippen molar-refractivity contribution in [3.05, 3.63) is 56.5 Å². The van der Waals surface area contributed by atoms with Crippen molar-refractivity contribution < 1.29 is 4.79 Å². The third kappa shape index (κ3) is 3.41. The van der Waals surface area contributed by atoms with Gasteiger partial charge >= 0.3 is 0 Å². The number of nitrogen functional groups attached to an aromatic ring is 1. The van der Waals surface area contributed by atoms with Gasteiger partial charge in [-0.2, -0.15) is 0 Å². The van der Waals surface area contributed by atoms with E-state index in [1.165, 1.54) is 12.1 Å². The van der Waals surface area contributed by atoms with Gasteiger partial charge in [-0.1, -0.05) is 45.2 Å². The fraction of sp³-hybridized carbons (Fsp3) is 0. The molecule has 0 saturated heterocycles. The minimum absolute atomic E-state index is 0.184. The van der Waals surface area contributed by atoms with Gasteiger partial charge in [0.1, 0.15) is 0 Å². The molecule has 6 heteroatoms. The van der Waals surface area contributed by atoms with Crippen molar-refractivity contribution >= 4 is 56.4 Å². The van der Waals surface area contributed by atoms with Crippen molar-refractivity contribution in [2.24, 2.45) is 0 Å². The van der Waals surface area contributed by atoms with E-state index in [-0.39, 0.29) is 21.5 Å². The molecule has 0 saturated carbocycles. The molecule has 1 amide bonds. The standard InChI is InChI=1S/C13H9BrCl2N2O/c14-7-2-1-3-9(4-7)18-13(19)10-5-8(17)6-11(15)12(10)16/h1-6H,17H2,(H,18,19). The molecule has 0 radical (unpaired) electrons. The second-order valence-corrected chi connectivity index (χ2v) is 5.53. The van der Waals surface area contributed by atoms with Crippen molar-refractivity contribution in [3.8, 4) is 0 Å². The highest BCUT2D eigenvalue weighted by molar-refractivity contribution is 9.10. The summed E-state index contributed by atoms with van der Waals surface area (Å²) in [7, 11) is 0. The number of carbonyl (C=O) groups excluding carboxylic acids is 1. The van der Waals surface area contributed by atoms with E-state index in [2.05, 4.69) is 21.2 Å². The van der Waals surface area contributed by atoms with Crippen molar-refractivity contribution in [2.75, 3.05) is 11.1 Å². The molecule has 19 heavy (non-hydrogen) atoms. The lowest BCUT2D eigenvalue weighted by Crippen LogP contribution is -2.13. The van der Waals surface area contributed by atoms with Crippen LogP contribution >= 0.6 is 39.1 Å². The summed E-state index contributed by atoms with van der Waals surface area (Å²) >= 11 is 15.2. The second kappa shape index (κ2) is 5.82. The molecule has 0 aliphatic heterocycles. The number of hydrogen-bond donors (Lipinski definition) is 2. The van der Waals surface area contributed by atoms with Crippen LogP contribution in [0.1, 0.15) is 10.4 Å². The zero-order chi connectivity index (χ0) is 14.0. The number of benzene rings is 2. The highest BCUT2D eigenvalue weighted by Crippen LogP contribution is 2.29. The predicted octanol–water partition coefficient (Wildman–Crippen LogP) is 4.59. The van der Waals surface area contributed by atoms with Gasteiger partial charge in [-0.05, 0) is 30.3 Å². The first-order valence-electron chi connectivity index (χ1n) is 5.29. The van der Waals surface area contributed by atoms with Crippen molar-refractivity contribution in [2.45, 2.75) is 0 Å². The monoisotopic (exact) mass is 358 g/mol. The van der Waals surface area contributed by atoms with Crippen LogP contribution in [0.4, 0.5) is 11.4 Å². The fourth-order valence-electron chi connectivity index (χ4n) is 1.54. The van der Waals surface area contributed by atoms with E-state index in [9.17, 15) is 4.79 Å². The summed E-state index contributed by atoms with van der Waals surface area (Å²) in [5.41, 5.74) is 6.93. The molecule has 2 rings (SSSR count). The molecule has 0 unspecified atom stereocenters. The first-order valence-corrected chi connectivity index (χ1v) is 6.83. The summed E-state index contributed by atoms with van der Waals surface area (Å²) in [5.74, 6) is -0.364. The molecule has 0 aromatic heterocycles. The number of halogens is 3. The van der Waals surface area contributed by atoms with E-state index in [1.54, 1.807) is 12.1 Å². The molecule has 0 spiro atoms. The third-order valence-electron chi connectivity index (χ3n) is 2.38. The van der Waals surface area contributed by atoms with E-state index in [1.807, 2.05) is 12.1 Å². The minimum Gasteiger partial charge on any atom is -0.399 e. The highest BCUT2D eigenvalue weighted by atomic mass is 79.9. The Labute approximate surface area is 128 Å². The normalized spacial score (nSPS) is 10.3. The number of carbonyl (C=O) groups is 1. The Kier molecular flexibility index (Phi) is 4.34. The summed E-state index contributed by atoms with van der Waals surface area (Å²) in [6.45, 7) is 0. The van der Waals surface area contributed by atoms with Crippen molar-refractivity contribution in [3.63, 3.8) is 0 Å². The maximum atomic E-state index is 12.1. The average molecular weight is 360 g/mol. The van der Waals surface area contributed by atoms with Gasteiger partial charge in [-0.15, -0.1) is 0 Å². The van der Waals surface area contributed by atoms with Gasteiger partial charge in [0.15, 0.2) is 0 Å². The Bertz CT molecular complexity index is 647. The molecule has 2 aromatic carbocycles. The Morgan fingerprint density at radius 1 is 1.21 bits per heavy atom. The molecule has 2 aromatic rings. The minimum atomic E-state index is -0.364. The molecular formula is C13H9BrCl2N2O. The molecule has 0 atom stereocenters. The summed E-state index contributed by atoms with van der Waals surface area (Å²) in [4.78, 5) is 12.1. The number of nitrogens with one attached hydrogen (secondary N) is 1. The molecule has 98 valence electrons. The molecule has 0 heterocycles. The van der Waals surface area contributed by atoms with Crippen LogP contribution in [0, 0.1) is 0 Å². The fourth-order valence-corrected chi connectivity index (χ4v) is 2.36. The maximum Gasteiger partial charge on any atom is 0.257 e. The van der Waals surface area contributed by atoms with E-state index >= 15 is 0 Å². The quantitative estimate of drug-likeness (QED) is 0.770. The second-order valence-electron chi connectivity index (χ2n) is 3.83. The van der Waals surface area contributed by atoms with Gasteiger partial charge in [0.2, 0.25) is 0 Å². The van der Waals surface area contributed by atoms with E-state index in [0.717, 1.165) is 4.47 Å². The van der Waals surface area contributed by atoms with Crippen molar-refractivity contribution in [1.82, 2.24) is 0 Å². The third-order valence-corrected chi connectivity index (χ3v) is 3.67. The highest BCUT2D eigenvalue weighted by Gasteiger charge is 2.14. The first-order chi connectivity index (χ1) is 8.97. The van der Waals surface area contributed by atoms with E-state index in [4.69, 9.17) is 28.9 Å². The summed E-state index contributed by atoms with van der Waals surface area (Å²) < 4.78 is 0.863. The lowest BCUT2D eigenvalue weighted by molar-refractivity contribution is 0.102. The van der Waals surface area contributed by atoms with Crippen LogP contribution in [0.15, 0.2) is 40.9 Å². The molecule has 0 aliphatic carbocycles. The van der Waals surface area contributed by atoms with Crippen LogP contribution < -0.4 is 11.1 Å². The van der Waals surface area contributed by atoms with Crippen LogP contribution in [-0.4, -0.2) is 5.91 Å². The van der Waals surface area contributed by atoms with Crippen LogP contribution in [0.2, 0.25) is 10.0 Å². The average Bonchev–Trinajstić information content (AvgIpc) is 2.33. The Hall–Kier alpha value is -1.23. The summed E-state index contributed by atoms with van der Waals surface area (Å²) in [6, 6.07) is 10.2. The smallest absolute Gasteiger partial charge is 0.257 e. The lowest BCUT2D eigenvalue weighted by Gasteiger charge is -2.09. The van der Waals surface area contributed by atoms with Gasteiger partial charge in [0.05, 0.1) is 15.6 Å². The summed E-state index contributed by atoms with van der Waals surface area (Å²) in [5, 5.41) is 3.16. The number of nitrogens with two attached hydrogens (primary N) is 1. The molecule has 0 fully saturated rings. The zero-order valence-electron chi connectivity index (χ0n) is 9.58. The van der Waals surface area contributed by atoms with Crippen molar-refractivity contribution in [1.29, 1.82) is 0 Å². The number of rotatable bonds is 2.